The number of rotatable bonds is 3. The van der Waals surface area contributed by atoms with Gasteiger partial charge in [-0.05, 0) is 62.2 Å². The topological polar surface area (TPSA) is 3.24 Å². The average molecular weight is 295 g/mol. The third-order valence-corrected chi connectivity index (χ3v) is 5.92. The van der Waals surface area contributed by atoms with Crippen LogP contribution in [0.3, 0.4) is 0 Å². The van der Waals surface area contributed by atoms with E-state index in [4.69, 9.17) is 0 Å². The number of fused-ring (bicyclic) bond motifs is 2. The zero-order chi connectivity index (χ0) is 14.1. The Morgan fingerprint density at radius 2 is 1.43 bits per heavy atom. The van der Waals surface area contributed by atoms with Crippen molar-refractivity contribution in [3.8, 4) is 0 Å². The van der Waals surface area contributed by atoms with Crippen LogP contribution in [0, 0.1) is 0 Å². The molecule has 0 aliphatic carbocycles. The van der Waals surface area contributed by atoms with E-state index in [9.17, 15) is 0 Å². The van der Waals surface area contributed by atoms with Crippen molar-refractivity contribution in [1.82, 2.24) is 4.90 Å². The maximum atomic E-state index is 2.63. The number of likely N-dealkylation sites (tertiary alicyclic amines) is 1. The van der Waals surface area contributed by atoms with Crippen LogP contribution in [0.5, 0.6) is 0 Å². The lowest BCUT2D eigenvalue weighted by Crippen LogP contribution is -2.23. The molecule has 2 aromatic carbocycles. The Bertz CT molecular complexity index is 585. The Morgan fingerprint density at radius 1 is 0.857 bits per heavy atom. The molecule has 2 aromatic rings. The number of nitrogens with zero attached hydrogens (tertiary/aromatic N) is 1. The highest BCUT2D eigenvalue weighted by molar-refractivity contribution is 7.99. The van der Waals surface area contributed by atoms with Gasteiger partial charge in [-0.1, -0.05) is 48.2 Å². The lowest BCUT2D eigenvalue weighted by Gasteiger charge is -2.29. The second-order valence-corrected chi connectivity index (χ2v) is 7.15. The summed E-state index contributed by atoms with van der Waals surface area (Å²) in [6, 6.07) is 17.9. The van der Waals surface area contributed by atoms with E-state index in [0.717, 1.165) is 0 Å². The van der Waals surface area contributed by atoms with Gasteiger partial charge in [0.2, 0.25) is 0 Å². The van der Waals surface area contributed by atoms with Crippen molar-refractivity contribution < 1.29 is 0 Å². The standard InChI is InChI=1S/C19H21NS/c1-3-9-18-16(7-1)15(11-14-20-12-5-6-13-20)17-8-2-4-10-19(17)21-18/h1-4,7-10,15H,5-6,11-14H2. The minimum Gasteiger partial charge on any atom is -0.303 e. The Balaban J connectivity index is 1.64. The first-order valence-corrected chi connectivity index (χ1v) is 8.81. The third kappa shape index (κ3) is 2.63. The maximum absolute atomic E-state index is 2.63. The van der Waals surface area contributed by atoms with Crippen molar-refractivity contribution in [2.45, 2.75) is 35.0 Å². The van der Waals surface area contributed by atoms with Gasteiger partial charge >= 0.3 is 0 Å². The molecule has 21 heavy (non-hydrogen) atoms. The molecule has 0 unspecified atom stereocenters. The van der Waals surface area contributed by atoms with E-state index >= 15 is 0 Å². The van der Waals surface area contributed by atoms with Crippen LogP contribution in [0.25, 0.3) is 0 Å². The minimum absolute atomic E-state index is 0.569. The minimum atomic E-state index is 0.569. The molecule has 2 heteroatoms. The van der Waals surface area contributed by atoms with Crippen LogP contribution < -0.4 is 0 Å². The van der Waals surface area contributed by atoms with Crippen LogP contribution >= 0.6 is 11.8 Å². The highest BCUT2D eigenvalue weighted by Crippen LogP contribution is 2.46. The van der Waals surface area contributed by atoms with Gasteiger partial charge in [-0.3, -0.25) is 0 Å². The lowest BCUT2D eigenvalue weighted by atomic mass is 9.88. The van der Waals surface area contributed by atoms with Crippen LogP contribution in [0.4, 0.5) is 0 Å². The quantitative estimate of drug-likeness (QED) is 0.802. The van der Waals surface area contributed by atoms with Gasteiger partial charge in [-0.15, -0.1) is 0 Å². The summed E-state index contributed by atoms with van der Waals surface area (Å²) in [6.45, 7) is 3.83. The monoisotopic (exact) mass is 295 g/mol. The Labute approximate surface area is 131 Å². The highest BCUT2D eigenvalue weighted by Gasteiger charge is 2.26. The Kier molecular flexibility index (Phi) is 3.74. The summed E-state index contributed by atoms with van der Waals surface area (Å²) < 4.78 is 0. The van der Waals surface area contributed by atoms with Crippen molar-refractivity contribution in [1.29, 1.82) is 0 Å². The molecular weight excluding hydrogens is 274 g/mol. The fourth-order valence-electron chi connectivity index (χ4n) is 3.64. The molecule has 108 valence electrons. The van der Waals surface area contributed by atoms with Gasteiger partial charge in [0, 0.05) is 15.7 Å². The molecule has 0 N–H and O–H groups in total. The predicted molar refractivity (Wildman–Crippen MR) is 89.1 cm³/mol. The van der Waals surface area contributed by atoms with E-state index < -0.39 is 0 Å². The van der Waals surface area contributed by atoms with E-state index in [1.54, 1.807) is 0 Å². The molecule has 2 aliphatic heterocycles. The molecule has 0 atom stereocenters. The molecule has 1 fully saturated rings. The molecule has 0 amide bonds. The van der Waals surface area contributed by atoms with Gasteiger partial charge in [0.05, 0.1) is 0 Å². The molecule has 1 nitrogen and oxygen atoms in total. The first kappa shape index (κ1) is 13.4. The molecular formula is C19H21NS. The van der Waals surface area contributed by atoms with Gasteiger partial charge in [0.1, 0.15) is 0 Å². The molecule has 0 aromatic heterocycles. The number of hydrogen-bond donors (Lipinski definition) is 0. The van der Waals surface area contributed by atoms with Crippen molar-refractivity contribution in [2.75, 3.05) is 19.6 Å². The first-order valence-electron chi connectivity index (χ1n) is 8.00. The summed E-state index contributed by atoms with van der Waals surface area (Å²) in [4.78, 5) is 5.53. The fraction of sp³-hybridized carbons (Fsp3) is 0.368. The second-order valence-electron chi connectivity index (χ2n) is 6.07. The molecule has 2 heterocycles. The fourth-order valence-corrected chi connectivity index (χ4v) is 4.82. The summed E-state index contributed by atoms with van der Waals surface area (Å²) in [7, 11) is 0. The summed E-state index contributed by atoms with van der Waals surface area (Å²) in [5, 5.41) is 0. The largest absolute Gasteiger partial charge is 0.303 e. The molecule has 0 bridgehead atoms. The van der Waals surface area contributed by atoms with Gasteiger partial charge in [-0.25, -0.2) is 0 Å². The van der Waals surface area contributed by atoms with E-state index in [1.807, 2.05) is 11.8 Å². The summed E-state index contributed by atoms with van der Waals surface area (Å²) in [5.74, 6) is 0.569. The van der Waals surface area contributed by atoms with Crippen molar-refractivity contribution in [3.05, 3.63) is 59.7 Å². The smallest absolute Gasteiger partial charge is 0.0160 e. The van der Waals surface area contributed by atoms with Gasteiger partial charge in [0.15, 0.2) is 0 Å². The van der Waals surface area contributed by atoms with Crippen LogP contribution in [0.1, 0.15) is 36.3 Å². The predicted octanol–water partition coefficient (Wildman–Crippen LogP) is 4.77. The Morgan fingerprint density at radius 3 is 2.05 bits per heavy atom. The second kappa shape index (κ2) is 5.86. The lowest BCUT2D eigenvalue weighted by molar-refractivity contribution is 0.326. The van der Waals surface area contributed by atoms with E-state index in [2.05, 4.69) is 53.4 Å². The van der Waals surface area contributed by atoms with Gasteiger partial charge < -0.3 is 4.90 Å². The Hall–Kier alpha value is -1.25. The van der Waals surface area contributed by atoms with Gasteiger partial charge in [-0.2, -0.15) is 0 Å². The van der Waals surface area contributed by atoms with Crippen LogP contribution in [-0.4, -0.2) is 24.5 Å². The van der Waals surface area contributed by atoms with Crippen LogP contribution in [-0.2, 0) is 0 Å². The zero-order valence-electron chi connectivity index (χ0n) is 12.3. The van der Waals surface area contributed by atoms with Crippen molar-refractivity contribution in [3.63, 3.8) is 0 Å². The summed E-state index contributed by atoms with van der Waals surface area (Å²) in [6.07, 6.45) is 4.01. The van der Waals surface area contributed by atoms with Crippen LogP contribution in [0.15, 0.2) is 58.3 Å². The zero-order valence-corrected chi connectivity index (χ0v) is 13.1. The van der Waals surface area contributed by atoms with Crippen LogP contribution in [0.2, 0.25) is 0 Å². The van der Waals surface area contributed by atoms with E-state index in [-0.39, 0.29) is 0 Å². The average Bonchev–Trinajstić information content (AvgIpc) is 3.05. The molecule has 0 spiro atoms. The van der Waals surface area contributed by atoms with Crippen molar-refractivity contribution in [2.24, 2.45) is 0 Å². The van der Waals surface area contributed by atoms with Crippen molar-refractivity contribution >= 4 is 11.8 Å². The first-order chi connectivity index (χ1) is 10.4. The normalized spacial score (nSPS) is 18.5. The molecule has 4 rings (SSSR count). The summed E-state index contributed by atoms with van der Waals surface area (Å²) in [5.41, 5.74) is 3.06. The van der Waals surface area contributed by atoms with Gasteiger partial charge in [0.25, 0.3) is 0 Å². The number of benzene rings is 2. The molecule has 0 saturated carbocycles. The highest BCUT2D eigenvalue weighted by atomic mass is 32.2. The molecule has 0 radical (unpaired) electrons. The SMILES string of the molecule is c1ccc2c(c1)Sc1ccccc1C2CCN1CCCC1. The third-order valence-electron chi connectivity index (χ3n) is 4.74. The van der Waals surface area contributed by atoms with E-state index in [0.29, 0.717) is 5.92 Å². The molecule has 1 saturated heterocycles. The van der Waals surface area contributed by atoms with E-state index in [1.165, 1.54) is 59.8 Å². The summed E-state index contributed by atoms with van der Waals surface area (Å²) >= 11 is 1.93. The number of hydrogen-bond acceptors (Lipinski definition) is 2. The molecule has 2 aliphatic rings. The maximum Gasteiger partial charge on any atom is 0.0160 e.